The molecule has 0 aliphatic heterocycles. The van der Waals surface area contributed by atoms with E-state index in [0.717, 1.165) is 12.0 Å². The molecule has 0 bridgehead atoms. The second kappa shape index (κ2) is 2.88. The molecule has 1 aromatic carbocycles. The van der Waals surface area contributed by atoms with Gasteiger partial charge in [-0.05, 0) is 18.1 Å². The molecule has 1 saturated carbocycles. The zero-order valence-electron chi connectivity index (χ0n) is 7.35. The molecule has 2 atom stereocenters. The minimum absolute atomic E-state index is 0.0436. The Bertz CT molecular complexity index is 351. The highest BCUT2D eigenvalue weighted by Gasteiger charge is 2.49. The van der Waals surface area contributed by atoms with Crippen LogP contribution in [0.1, 0.15) is 18.9 Å². The number of hydrogen-bond acceptors (Lipinski definition) is 1. The minimum Gasteiger partial charge on any atom is -0.327 e. The molecule has 1 aromatic rings. The summed E-state index contributed by atoms with van der Waals surface area (Å²) in [4.78, 5) is 0. The summed E-state index contributed by atoms with van der Waals surface area (Å²) < 4.78 is 0. The lowest BCUT2D eigenvalue weighted by Gasteiger charge is -2.12. The maximum atomic E-state index is 6.10. The molecular formula is C10H11Cl2N. The van der Waals surface area contributed by atoms with Gasteiger partial charge in [-0.25, -0.2) is 0 Å². The predicted octanol–water partition coefficient (Wildman–Crippen LogP) is 2.98. The first kappa shape index (κ1) is 9.32. The van der Waals surface area contributed by atoms with Gasteiger partial charge >= 0.3 is 0 Å². The number of halogens is 2. The first-order chi connectivity index (χ1) is 6.05. The van der Waals surface area contributed by atoms with E-state index in [4.69, 9.17) is 28.9 Å². The van der Waals surface area contributed by atoms with Gasteiger partial charge in [0.05, 0.1) is 10.0 Å². The van der Waals surface area contributed by atoms with Crippen molar-refractivity contribution < 1.29 is 0 Å². The van der Waals surface area contributed by atoms with E-state index in [1.807, 2.05) is 12.1 Å². The van der Waals surface area contributed by atoms with Crippen LogP contribution in [-0.2, 0) is 5.41 Å². The van der Waals surface area contributed by atoms with E-state index in [9.17, 15) is 0 Å². The summed E-state index contributed by atoms with van der Waals surface area (Å²) >= 11 is 12.0. The van der Waals surface area contributed by atoms with E-state index in [-0.39, 0.29) is 11.5 Å². The van der Waals surface area contributed by atoms with Gasteiger partial charge in [0.1, 0.15) is 0 Å². The molecule has 1 aliphatic carbocycles. The van der Waals surface area contributed by atoms with Crippen molar-refractivity contribution in [2.24, 2.45) is 5.73 Å². The van der Waals surface area contributed by atoms with Gasteiger partial charge < -0.3 is 5.73 Å². The number of hydrogen-bond donors (Lipinski definition) is 1. The Kier molecular flexibility index (Phi) is 2.06. The third-order valence-electron chi connectivity index (χ3n) is 2.87. The Hall–Kier alpha value is -0.240. The quantitative estimate of drug-likeness (QED) is 0.767. The van der Waals surface area contributed by atoms with Gasteiger partial charge in [-0.2, -0.15) is 0 Å². The van der Waals surface area contributed by atoms with Crippen molar-refractivity contribution in [3.63, 3.8) is 0 Å². The highest BCUT2D eigenvalue weighted by Crippen LogP contribution is 2.49. The Morgan fingerprint density at radius 3 is 2.62 bits per heavy atom. The fourth-order valence-electron chi connectivity index (χ4n) is 1.65. The lowest BCUT2D eigenvalue weighted by Crippen LogP contribution is -2.14. The molecular weight excluding hydrogens is 205 g/mol. The average Bonchev–Trinajstić information content (AvgIpc) is 2.67. The van der Waals surface area contributed by atoms with Crippen molar-refractivity contribution in [3.8, 4) is 0 Å². The van der Waals surface area contributed by atoms with Crippen LogP contribution in [-0.4, -0.2) is 6.04 Å². The van der Waals surface area contributed by atoms with Gasteiger partial charge in [-0.15, -0.1) is 0 Å². The summed E-state index contributed by atoms with van der Waals surface area (Å²) in [5.41, 5.74) is 6.97. The largest absolute Gasteiger partial charge is 0.327 e. The Labute approximate surface area is 87.8 Å². The van der Waals surface area contributed by atoms with Gasteiger partial charge in [0.2, 0.25) is 0 Å². The van der Waals surface area contributed by atoms with E-state index in [2.05, 4.69) is 6.92 Å². The molecule has 3 heteroatoms. The standard InChI is InChI=1S/C10H11Cl2N/c1-10(5-8(10)13)6-3-2-4-7(11)9(6)12/h2-4,8H,5,13H2,1H3. The topological polar surface area (TPSA) is 26.0 Å². The molecule has 2 unspecified atom stereocenters. The molecule has 0 aromatic heterocycles. The zero-order chi connectivity index (χ0) is 9.64. The summed E-state index contributed by atoms with van der Waals surface area (Å²) in [6.45, 7) is 2.12. The van der Waals surface area contributed by atoms with Crippen LogP contribution < -0.4 is 5.73 Å². The molecule has 0 radical (unpaired) electrons. The first-order valence-corrected chi connectivity index (χ1v) is 5.01. The normalized spacial score (nSPS) is 31.8. The number of benzene rings is 1. The summed E-state index contributed by atoms with van der Waals surface area (Å²) in [5, 5.41) is 1.26. The summed E-state index contributed by atoms with van der Waals surface area (Å²) in [7, 11) is 0. The summed E-state index contributed by atoms with van der Waals surface area (Å²) in [5.74, 6) is 0. The zero-order valence-corrected chi connectivity index (χ0v) is 8.86. The van der Waals surface area contributed by atoms with Crippen molar-refractivity contribution >= 4 is 23.2 Å². The van der Waals surface area contributed by atoms with Gasteiger partial charge in [-0.1, -0.05) is 42.3 Å². The smallest absolute Gasteiger partial charge is 0.0630 e. The van der Waals surface area contributed by atoms with Crippen molar-refractivity contribution in [2.75, 3.05) is 0 Å². The highest BCUT2D eigenvalue weighted by atomic mass is 35.5. The van der Waals surface area contributed by atoms with Crippen molar-refractivity contribution in [3.05, 3.63) is 33.8 Å². The Morgan fingerprint density at radius 2 is 2.08 bits per heavy atom. The Balaban J connectivity index is 2.47. The molecule has 0 amide bonds. The fourth-order valence-corrected chi connectivity index (χ4v) is 2.17. The maximum absolute atomic E-state index is 6.10. The molecule has 1 nitrogen and oxygen atoms in total. The van der Waals surface area contributed by atoms with Crippen LogP contribution >= 0.6 is 23.2 Å². The van der Waals surface area contributed by atoms with E-state index < -0.39 is 0 Å². The second-order valence-electron chi connectivity index (χ2n) is 3.83. The third-order valence-corrected chi connectivity index (χ3v) is 3.69. The monoisotopic (exact) mass is 215 g/mol. The average molecular weight is 216 g/mol. The summed E-state index contributed by atoms with van der Waals surface area (Å²) in [6.07, 6.45) is 0.993. The van der Waals surface area contributed by atoms with Crippen LogP contribution in [0.2, 0.25) is 10.0 Å². The molecule has 70 valence electrons. The minimum atomic E-state index is 0.0436. The van der Waals surface area contributed by atoms with Crippen LogP contribution in [0.3, 0.4) is 0 Å². The van der Waals surface area contributed by atoms with Gasteiger partial charge in [0.15, 0.2) is 0 Å². The number of rotatable bonds is 1. The van der Waals surface area contributed by atoms with Gasteiger partial charge in [0, 0.05) is 11.5 Å². The van der Waals surface area contributed by atoms with E-state index in [1.165, 1.54) is 0 Å². The lowest BCUT2D eigenvalue weighted by molar-refractivity contribution is 0.741. The molecule has 1 fully saturated rings. The van der Waals surface area contributed by atoms with Crippen molar-refractivity contribution in [2.45, 2.75) is 24.8 Å². The van der Waals surface area contributed by atoms with Gasteiger partial charge in [-0.3, -0.25) is 0 Å². The Morgan fingerprint density at radius 1 is 1.46 bits per heavy atom. The van der Waals surface area contributed by atoms with Crippen LogP contribution in [0, 0.1) is 0 Å². The second-order valence-corrected chi connectivity index (χ2v) is 4.61. The van der Waals surface area contributed by atoms with E-state index >= 15 is 0 Å². The van der Waals surface area contributed by atoms with E-state index in [1.54, 1.807) is 6.07 Å². The fraction of sp³-hybridized carbons (Fsp3) is 0.400. The highest BCUT2D eigenvalue weighted by molar-refractivity contribution is 6.42. The molecule has 0 saturated heterocycles. The third kappa shape index (κ3) is 1.35. The van der Waals surface area contributed by atoms with Crippen LogP contribution in [0.4, 0.5) is 0 Å². The van der Waals surface area contributed by atoms with Crippen molar-refractivity contribution in [1.29, 1.82) is 0 Å². The van der Waals surface area contributed by atoms with E-state index in [0.29, 0.717) is 10.0 Å². The SMILES string of the molecule is CC1(c2cccc(Cl)c2Cl)CC1N. The van der Waals surface area contributed by atoms with Crippen molar-refractivity contribution in [1.82, 2.24) is 0 Å². The summed E-state index contributed by atoms with van der Waals surface area (Å²) in [6, 6.07) is 5.94. The molecule has 1 aliphatic rings. The molecule has 2 rings (SSSR count). The maximum Gasteiger partial charge on any atom is 0.0630 e. The molecule has 2 N–H and O–H groups in total. The molecule has 13 heavy (non-hydrogen) atoms. The van der Waals surface area contributed by atoms with Gasteiger partial charge in [0.25, 0.3) is 0 Å². The van der Waals surface area contributed by atoms with Crippen LogP contribution in [0.15, 0.2) is 18.2 Å². The number of nitrogens with two attached hydrogens (primary N) is 1. The van der Waals surface area contributed by atoms with Crippen LogP contribution in [0.25, 0.3) is 0 Å². The predicted molar refractivity (Wildman–Crippen MR) is 56.4 cm³/mol. The molecule has 0 spiro atoms. The molecule has 0 heterocycles. The first-order valence-electron chi connectivity index (χ1n) is 4.26. The van der Waals surface area contributed by atoms with Crippen LogP contribution in [0.5, 0.6) is 0 Å². The lowest BCUT2D eigenvalue weighted by atomic mass is 9.97.